The Balaban J connectivity index is 4.24. The van der Waals surface area contributed by atoms with E-state index in [1.165, 1.54) is 7.05 Å². The van der Waals surface area contributed by atoms with Crippen molar-refractivity contribution in [3.05, 3.63) is 0 Å². The summed E-state index contributed by atoms with van der Waals surface area (Å²) in [7, 11) is 1.35. The van der Waals surface area contributed by atoms with Crippen LogP contribution in [0.2, 0.25) is 0 Å². The third-order valence-corrected chi connectivity index (χ3v) is 1.39. The summed E-state index contributed by atoms with van der Waals surface area (Å²) < 4.78 is 13.0. The molecule has 0 fully saturated rings. The Morgan fingerprint density at radius 2 is 2.25 bits per heavy atom. The molecule has 0 bridgehead atoms. The molecule has 0 aliphatic rings. The fourth-order valence-electron chi connectivity index (χ4n) is 0.598. The Bertz CT molecular complexity index is 205. The maximum absolute atomic E-state index is 13.0. The third-order valence-electron chi connectivity index (χ3n) is 1.39. The Labute approximate surface area is 69.5 Å². The highest BCUT2D eigenvalue weighted by Crippen LogP contribution is 2.11. The molecule has 0 aliphatic heterocycles. The zero-order chi connectivity index (χ0) is 9.94. The molecular formula is C6H12FN3O2. The fourth-order valence-corrected chi connectivity index (χ4v) is 0.598. The number of carbonyl (C=O) groups is 1. The number of nitrogens with two attached hydrogens (primary N) is 1. The number of hydrogen-bond donors (Lipinski definition) is 3. The van der Waals surface area contributed by atoms with E-state index in [-0.39, 0.29) is 5.96 Å². The first-order chi connectivity index (χ1) is 5.27. The molecule has 0 aromatic carbocycles. The first-order valence-corrected chi connectivity index (χ1v) is 3.25. The van der Waals surface area contributed by atoms with Crippen LogP contribution in [-0.4, -0.2) is 41.2 Å². The van der Waals surface area contributed by atoms with Crippen LogP contribution in [0, 0.1) is 5.41 Å². The molecule has 0 spiro atoms. The summed E-state index contributed by atoms with van der Waals surface area (Å²) in [6.45, 7) is 0.493. The van der Waals surface area contributed by atoms with E-state index in [0.29, 0.717) is 0 Å². The molecule has 0 saturated carbocycles. The van der Waals surface area contributed by atoms with Crippen LogP contribution in [-0.2, 0) is 4.79 Å². The van der Waals surface area contributed by atoms with Crippen LogP contribution in [0.3, 0.4) is 0 Å². The lowest BCUT2D eigenvalue weighted by Gasteiger charge is -2.23. The van der Waals surface area contributed by atoms with Crippen LogP contribution in [0.25, 0.3) is 0 Å². The minimum absolute atomic E-state index is 0.361. The van der Waals surface area contributed by atoms with E-state index in [1.807, 2.05) is 0 Å². The van der Waals surface area contributed by atoms with Crippen molar-refractivity contribution in [3.63, 3.8) is 0 Å². The molecular weight excluding hydrogens is 165 g/mol. The van der Waals surface area contributed by atoms with Crippen molar-refractivity contribution < 1.29 is 14.3 Å². The Kier molecular flexibility index (Phi) is 3.00. The molecule has 0 rings (SSSR count). The van der Waals surface area contributed by atoms with Crippen molar-refractivity contribution in [1.29, 1.82) is 5.41 Å². The number of aliphatic carboxylic acids is 1. The molecule has 0 aliphatic carbocycles. The molecule has 0 unspecified atom stereocenters. The normalized spacial score (nSPS) is 14.9. The molecule has 12 heavy (non-hydrogen) atoms. The monoisotopic (exact) mass is 177 g/mol. The van der Waals surface area contributed by atoms with E-state index in [2.05, 4.69) is 0 Å². The Hall–Kier alpha value is -1.33. The molecule has 0 aromatic heterocycles. The summed E-state index contributed by atoms with van der Waals surface area (Å²) in [6.07, 6.45) is 0. The number of guanidine groups is 1. The van der Waals surface area contributed by atoms with Crippen molar-refractivity contribution in [1.82, 2.24) is 4.90 Å². The average Bonchev–Trinajstić information content (AvgIpc) is 1.85. The maximum atomic E-state index is 13.0. The third kappa shape index (κ3) is 2.73. The Morgan fingerprint density at radius 1 is 1.83 bits per heavy atom. The van der Waals surface area contributed by atoms with Crippen LogP contribution in [0.1, 0.15) is 6.92 Å². The molecule has 70 valence electrons. The number of nitrogens with one attached hydrogen (secondary N) is 1. The molecule has 4 N–H and O–H groups in total. The lowest BCUT2D eigenvalue weighted by molar-refractivity contribution is -0.150. The van der Waals surface area contributed by atoms with E-state index in [1.54, 1.807) is 0 Å². The summed E-state index contributed by atoms with van der Waals surface area (Å²) in [5, 5.41) is 15.2. The number of carboxylic acid groups (broad SMARTS) is 1. The first kappa shape index (κ1) is 10.7. The second-order valence-corrected chi connectivity index (χ2v) is 2.74. The van der Waals surface area contributed by atoms with Gasteiger partial charge in [0, 0.05) is 7.05 Å². The van der Waals surface area contributed by atoms with Gasteiger partial charge < -0.3 is 15.7 Å². The number of hydrogen-bond acceptors (Lipinski definition) is 2. The van der Waals surface area contributed by atoms with E-state index in [9.17, 15) is 9.18 Å². The first-order valence-electron chi connectivity index (χ1n) is 3.25. The highest BCUT2D eigenvalue weighted by atomic mass is 19.1. The van der Waals surface area contributed by atoms with Gasteiger partial charge in [-0.25, -0.2) is 9.18 Å². The topological polar surface area (TPSA) is 90.4 Å². The van der Waals surface area contributed by atoms with Gasteiger partial charge in [0.2, 0.25) is 5.67 Å². The van der Waals surface area contributed by atoms with Crippen LogP contribution in [0.4, 0.5) is 4.39 Å². The lowest BCUT2D eigenvalue weighted by Crippen LogP contribution is -2.46. The number of alkyl halides is 1. The summed E-state index contributed by atoms with van der Waals surface area (Å²) in [5.41, 5.74) is 2.62. The molecule has 0 saturated heterocycles. The van der Waals surface area contributed by atoms with Crippen molar-refractivity contribution in [2.45, 2.75) is 12.6 Å². The van der Waals surface area contributed by atoms with Gasteiger partial charge in [0.25, 0.3) is 0 Å². The average molecular weight is 177 g/mol. The van der Waals surface area contributed by atoms with Crippen LogP contribution in [0.5, 0.6) is 0 Å². The van der Waals surface area contributed by atoms with Crippen LogP contribution in [0.15, 0.2) is 0 Å². The van der Waals surface area contributed by atoms with E-state index in [0.717, 1.165) is 11.8 Å². The number of nitrogens with zero attached hydrogens (tertiary/aromatic N) is 1. The molecule has 6 heteroatoms. The fraction of sp³-hybridized carbons (Fsp3) is 0.667. The molecule has 5 nitrogen and oxygen atoms in total. The molecule has 0 heterocycles. The summed E-state index contributed by atoms with van der Waals surface area (Å²) >= 11 is 0. The maximum Gasteiger partial charge on any atom is 0.343 e. The SMILES string of the molecule is CN(C[C@@](C)(F)C(=O)O)C(=N)N. The smallest absolute Gasteiger partial charge is 0.343 e. The molecule has 1 atom stereocenters. The van der Waals surface area contributed by atoms with Crippen LogP contribution < -0.4 is 5.73 Å². The minimum Gasteiger partial charge on any atom is -0.479 e. The molecule has 0 aromatic rings. The van der Waals surface area contributed by atoms with Gasteiger partial charge >= 0.3 is 5.97 Å². The van der Waals surface area contributed by atoms with Crippen molar-refractivity contribution in [2.24, 2.45) is 5.73 Å². The summed E-state index contributed by atoms with van der Waals surface area (Å²) in [5.74, 6) is -1.92. The minimum atomic E-state index is -2.37. The van der Waals surface area contributed by atoms with Crippen LogP contribution >= 0.6 is 0 Å². The van der Waals surface area contributed by atoms with E-state index in [4.69, 9.17) is 16.2 Å². The van der Waals surface area contributed by atoms with Gasteiger partial charge in [-0.1, -0.05) is 0 Å². The molecule has 0 radical (unpaired) electrons. The summed E-state index contributed by atoms with van der Waals surface area (Å²) in [6, 6.07) is 0. The second-order valence-electron chi connectivity index (χ2n) is 2.74. The lowest BCUT2D eigenvalue weighted by atomic mass is 10.1. The van der Waals surface area contributed by atoms with Gasteiger partial charge in [-0.3, -0.25) is 5.41 Å². The second kappa shape index (κ2) is 3.38. The largest absolute Gasteiger partial charge is 0.479 e. The van der Waals surface area contributed by atoms with Gasteiger partial charge in [0.1, 0.15) is 0 Å². The highest BCUT2D eigenvalue weighted by Gasteiger charge is 2.34. The summed E-state index contributed by atoms with van der Waals surface area (Å²) in [4.78, 5) is 11.3. The van der Waals surface area contributed by atoms with Crippen molar-refractivity contribution >= 4 is 11.9 Å². The predicted octanol–water partition coefficient (Wildman–Crippen LogP) is -0.376. The number of carboxylic acids is 1. The number of rotatable bonds is 3. The van der Waals surface area contributed by atoms with Gasteiger partial charge in [-0.05, 0) is 6.92 Å². The highest BCUT2D eigenvalue weighted by molar-refractivity contribution is 5.79. The van der Waals surface area contributed by atoms with Gasteiger partial charge in [0.15, 0.2) is 5.96 Å². The zero-order valence-electron chi connectivity index (χ0n) is 6.97. The standard InChI is InChI=1S/C6H12FN3O2/c1-6(7,4(11)12)3-10(2)5(8)9/h3H2,1-2H3,(H3,8,9)(H,11,12)/t6-/m1/s1. The van der Waals surface area contributed by atoms with Crippen molar-refractivity contribution in [3.8, 4) is 0 Å². The van der Waals surface area contributed by atoms with E-state index < -0.39 is 18.2 Å². The Morgan fingerprint density at radius 3 is 2.50 bits per heavy atom. The van der Waals surface area contributed by atoms with Gasteiger partial charge in [-0.2, -0.15) is 0 Å². The zero-order valence-corrected chi connectivity index (χ0v) is 6.97. The predicted molar refractivity (Wildman–Crippen MR) is 41.7 cm³/mol. The van der Waals surface area contributed by atoms with Gasteiger partial charge in [0.05, 0.1) is 6.54 Å². The quantitative estimate of drug-likeness (QED) is 0.405. The van der Waals surface area contributed by atoms with E-state index >= 15 is 0 Å². The molecule has 0 amide bonds. The number of halogens is 1. The van der Waals surface area contributed by atoms with Gasteiger partial charge in [-0.15, -0.1) is 0 Å². The van der Waals surface area contributed by atoms with Crippen molar-refractivity contribution in [2.75, 3.05) is 13.6 Å².